The molecule has 21 heavy (non-hydrogen) atoms. The Balaban J connectivity index is 1.85. The molecule has 0 saturated carbocycles. The number of urea groups is 1. The van der Waals surface area contributed by atoms with Gasteiger partial charge in [-0.3, -0.25) is 0 Å². The van der Waals surface area contributed by atoms with E-state index in [1.807, 2.05) is 31.2 Å². The normalized spacial score (nSPS) is 11.8. The summed E-state index contributed by atoms with van der Waals surface area (Å²) in [6.45, 7) is 4.22. The molecule has 0 fully saturated rings. The van der Waals surface area contributed by atoms with E-state index in [1.165, 1.54) is 5.56 Å². The van der Waals surface area contributed by atoms with E-state index >= 15 is 0 Å². The second-order valence-corrected chi connectivity index (χ2v) is 5.09. The van der Waals surface area contributed by atoms with Gasteiger partial charge in [0.25, 0.3) is 0 Å². The number of amides is 2. The molecule has 0 aliphatic carbocycles. The molecule has 0 aliphatic rings. The van der Waals surface area contributed by atoms with Crippen molar-refractivity contribution >= 4 is 11.7 Å². The molecule has 0 aromatic heterocycles. The molecule has 1 atom stereocenters. The Morgan fingerprint density at radius 3 is 2.29 bits per heavy atom. The molecule has 2 amide bonds. The lowest BCUT2D eigenvalue weighted by Crippen LogP contribution is -2.28. The van der Waals surface area contributed by atoms with Crippen molar-refractivity contribution in [3.8, 4) is 0 Å². The van der Waals surface area contributed by atoms with Crippen LogP contribution >= 0.6 is 0 Å². The number of benzene rings is 2. The van der Waals surface area contributed by atoms with Crippen molar-refractivity contribution in [1.29, 1.82) is 0 Å². The zero-order chi connectivity index (χ0) is 15.2. The molecule has 0 aliphatic heterocycles. The summed E-state index contributed by atoms with van der Waals surface area (Å²) in [6.07, 6.45) is -0.505. The molecule has 4 heteroatoms. The first-order chi connectivity index (χ1) is 10.0. The Morgan fingerprint density at radius 2 is 1.71 bits per heavy atom. The number of carbonyl (C=O) groups excluding carboxylic acids is 1. The number of rotatable bonds is 4. The lowest BCUT2D eigenvalue weighted by atomic mass is 10.1. The molecule has 0 saturated heterocycles. The van der Waals surface area contributed by atoms with Gasteiger partial charge >= 0.3 is 6.03 Å². The van der Waals surface area contributed by atoms with E-state index in [-0.39, 0.29) is 6.03 Å². The fourth-order valence-corrected chi connectivity index (χ4v) is 1.91. The summed E-state index contributed by atoms with van der Waals surface area (Å²) < 4.78 is 0. The second kappa shape index (κ2) is 6.90. The van der Waals surface area contributed by atoms with E-state index in [0.717, 1.165) is 11.1 Å². The van der Waals surface area contributed by atoms with Gasteiger partial charge in [-0.2, -0.15) is 0 Å². The van der Waals surface area contributed by atoms with E-state index in [0.29, 0.717) is 12.2 Å². The van der Waals surface area contributed by atoms with E-state index in [4.69, 9.17) is 0 Å². The zero-order valence-corrected chi connectivity index (χ0v) is 12.3. The van der Waals surface area contributed by atoms with Gasteiger partial charge in [-0.15, -0.1) is 0 Å². The summed E-state index contributed by atoms with van der Waals surface area (Å²) in [5.74, 6) is 0. The van der Waals surface area contributed by atoms with Crippen molar-refractivity contribution in [2.45, 2.75) is 26.5 Å². The van der Waals surface area contributed by atoms with Crippen LogP contribution < -0.4 is 10.6 Å². The molecular formula is C17H20N2O2. The SMILES string of the molecule is Cc1ccc(CNC(=O)Nc2ccc(C(C)O)cc2)cc1. The van der Waals surface area contributed by atoms with Gasteiger partial charge in [0, 0.05) is 12.2 Å². The Hall–Kier alpha value is -2.33. The topological polar surface area (TPSA) is 61.4 Å². The van der Waals surface area contributed by atoms with Crippen LogP contribution in [0.3, 0.4) is 0 Å². The number of aliphatic hydroxyl groups is 1. The van der Waals surface area contributed by atoms with Gasteiger partial charge in [0.05, 0.1) is 6.10 Å². The van der Waals surface area contributed by atoms with Gasteiger partial charge in [-0.1, -0.05) is 42.0 Å². The van der Waals surface area contributed by atoms with Crippen molar-refractivity contribution in [3.63, 3.8) is 0 Å². The number of aryl methyl sites for hydroxylation is 1. The molecule has 0 heterocycles. The summed E-state index contributed by atoms with van der Waals surface area (Å²) in [6, 6.07) is 14.9. The average Bonchev–Trinajstić information content (AvgIpc) is 2.47. The third kappa shape index (κ3) is 4.61. The first-order valence-corrected chi connectivity index (χ1v) is 6.93. The van der Waals surface area contributed by atoms with Crippen molar-refractivity contribution < 1.29 is 9.90 Å². The minimum Gasteiger partial charge on any atom is -0.389 e. The molecule has 2 rings (SSSR count). The standard InChI is InChI=1S/C17H20N2O2/c1-12-3-5-14(6-4-12)11-18-17(21)19-16-9-7-15(8-10-16)13(2)20/h3-10,13,20H,11H2,1-2H3,(H2,18,19,21). The highest BCUT2D eigenvalue weighted by Crippen LogP contribution is 2.15. The van der Waals surface area contributed by atoms with Crippen molar-refractivity contribution in [2.24, 2.45) is 0 Å². The lowest BCUT2D eigenvalue weighted by molar-refractivity contribution is 0.199. The molecule has 110 valence electrons. The minimum absolute atomic E-state index is 0.250. The third-order valence-electron chi connectivity index (χ3n) is 3.22. The van der Waals surface area contributed by atoms with Crippen LogP contribution in [0.1, 0.15) is 29.7 Å². The first kappa shape index (κ1) is 15.1. The summed E-state index contributed by atoms with van der Waals surface area (Å²) in [4.78, 5) is 11.8. The van der Waals surface area contributed by atoms with Gasteiger partial charge < -0.3 is 15.7 Å². The summed E-state index contributed by atoms with van der Waals surface area (Å²) in [5.41, 5.74) is 3.77. The molecule has 3 N–H and O–H groups in total. The van der Waals surface area contributed by atoms with E-state index < -0.39 is 6.10 Å². The maximum atomic E-state index is 11.8. The molecule has 4 nitrogen and oxygen atoms in total. The van der Waals surface area contributed by atoms with Crippen molar-refractivity contribution in [2.75, 3.05) is 5.32 Å². The summed E-state index contributed by atoms with van der Waals surface area (Å²) >= 11 is 0. The second-order valence-electron chi connectivity index (χ2n) is 5.09. The molecule has 2 aromatic rings. The fraction of sp³-hybridized carbons (Fsp3) is 0.235. The van der Waals surface area contributed by atoms with Gasteiger partial charge in [0.15, 0.2) is 0 Å². The highest BCUT2D eigenvalue weighted by molar-refractivity contribution is 5.89. The largest absolute Gasteiger partial charge is 0.389 e. The van der Waals surface area contributed by atoms with Gasteiger partial charge in [-0.05, 0) is 37.1 Å². The molecule has 0 bridgehead atoms. The van der Waals surface area contributed by atoms with E-state index in [9.17, 15) is 9.90 Å². The number of anilines is 1. The highest BCUT2D eigenvalue weighted by atomic mass is 16.3. The van der Waals surface area contributed by atoms with E-state index in [2.05, 4.69) is 10.6 Å². The Labute approximate surface area is 124 Å². The van der Waals surface area contributed by atoms with Gasteiger partial charge in [0.1, 0.15) is 0 Å². The molecule has 1 unspecified atom stereocenters. The van der Waals surface area contributed by atoms with Crippen LogP contribution in [0.4, 0.5) is 10.5 Å². The van der Waals surface area contributed by atoms with Gasteiger partial charge in [-0.25, -0.2) is 4.79 Å². The van der Waals surface area contributed by atoms with E-state index in [1.54, 1.807) is 31.2 Å². The molecule has 2 aromatic carbocycles. The zero-order valence-electron chi connectivity index (χ0n) is 12.3. The number of nitrogens with one attached hydrogen (secondary N) is 2. The first-order valence-electron chi connectivity index (χ1n) is 6.93. The smallest absolute Gasteiger partial charge is 0.319 e. The Kier molecular flexibility index (Phi) is 4.95. The Bertz CT molecular complexity index is 589. The molecule has 0 spiro atoms. The lowest BCUT2D eigenvalue weighted by Gasteiger charge is -2.09. The van der Waals surface area contributed by atoms with Crippen LogP contribution in [-0.4, -0.2) is 11.1 Å². The maximum Gasteiger partial charge on any atom is 0.319 e. The quantitative estimate of drug-likeness (QED) is 0.806. The predicted octanol–water partition coefficient (Wildman–Crippen LogP) is 3.37. The maximum absolute atomic E-state index is 11.8. The fourth-order valence-electron chi connectivity index (χ4n) is 1.91. The van der Waals surface area contributed by atoms with Crippen molar-refractivity contribution in [1.82, 2.24) is 5.32 Å². The minimum atomic E-state index is -0.505. The van der Waals surface area contributed by atoms with Crippen LogP contribution in [0, 0.1) is 6.92 Å². The predicted molar refractivity (Wildman–Crippen MR) is 84.1 cm³/mol. The van der Waals surface area contributed by atoms with Crippen LogP contribution in [0.2, 0.25) is 0 Å². The average molecular weight is 284 g/mol. The number of hydrogen-bond donors (Lipinski definition) is 3. The third-order valence-corrected chi connectivity index (χ3v) is 3.22. The molecular weight excluding hydrogens is 264 g/mol. The van der Waals surface area contributed by atoms with Gasteiger partial charge in [0.2, 0.25) is 0 Å². The number of aliphatic hydroxyl groups excluding tert-OH is 1. The van der Waals surface area contributed by atoms with Crippen molar-refractivity contribution in [3.05, 3.63) is 65.2 Å². The summed E-state index contributed by atoms with van der Waals surface area (Å²) in [5, 5.41) is 15.0. The van der Waals surface area contributed by atoms with Crippen LogP contribution in [0.15, 0.2) is 48.5 Å². The van der Waals surface area contributed by atoms with Crippen LogP contribution in [0.5, 0.6) is 0 Å². The molecule has 0 radical (unpaired) electrons. The number of carbonyl (C=O) groups is 1. The highest BCUT2D eigenvalue weighted by Gasteiger charge is 2.03. The Morgan fingerprint density at radius 1 is 1.10 bits per heavy atom. The summed E-state index contributed by atoms with van der Waals surface area (Å²) in [7, 11) is 0. The monoisotopic (exact) mass is 284 g/mol. The van der Waals surface area contributed by atoms with Crippen LogP contribution in [-0.2, 0) is 6.54 Å². The number of hydrogen-bond acceptors (Lipinski definition) is 2. The van der Waals surface area contributed by atoms with Crippen LogP contribution in [0.25, 0.3) is 0 Å².